The maximum Gasteiger partial charge on any atom is 0.867 e. The molecule has 234 valence electrons. The molecule has 0 aliphatic heterocycles. The Morgan fingerprint density at radius 3 is 0.837 bits per heavy atom. The lowest BCUT2D eigenvalue weighted by Gasteiger charge is -2.20. The maximum absolute atomic E-state index is 13.3. The molecule has 0 fully saturated rings. The van der Waals surface area contributed by atoms with E-state index in [9.17, 15) is 84.5 Å². The van der Waals surface area contributed by atoms with Crippen LogP contribution in [0.1, 0.15) is 16.7 Å². The van der Waals surface area contributed by atoms with Gasteiger partial charge in [-0.3, -0.25) is 29.3 Å². The van der Waals surface area contributed by atoms with Crippen LogP contribution < -0.4 is 30.6 Å². The third-order valence-corrected chi connectivity index (χ3v) is 4.89. The van der Waals surface area contributed by atoms with Crippen molar-refractivity contribution in [3.8, 4) is 52.1 Å². The zero-order chi connectivity index (χ0) is 33.0. The van der Waals surface area contributed by atoms with E-state index in [-0.39, 0.29) is 0 Å². The minimum absolute atomic E-state index is 1.25. The van der Waals surface area contributed by atoms with Crippen molar-refractivity contribution < 1.29 is 84.1 Å². The number of alkyl halides is 9. The van der Waals surface area contributed by atoms with Gasteiger partial charge in [0, 0.05) is 0 Å². The molecule has 0 aliphatic carbocycles. The molecule has 0 amide bonds. The predicted octanol–water partition coefficient (Wildman–Crippen LogP) is 1.56. The topological polar surface area (TPSA) is 248 Å². The van der Waals surface area contributed by atoms with Gasteiger partial charge in [-0.15, -0.1) is 0 Å². The van der Waals surface area contributed by atoms with Gasteiger partial charge in [0.1, 0.15) is 0 Å². The average molecular weight is 641 g/mol. The monoisotopic (exact) mass is 641 g/mol. The molecule has 3 aromatic rings. The van der Waals surface area contributed by atoms with Crippen LogP contribution in [-0.4, -0.2) is 52.9 Å². The first kappa shape index (κ1) is 32.0. The van der Waals surface area contributed by atoms with Gasteiger partial charge in [-0.1, -0.05) is 0 Å². The lowest BCUT2D eigenvalue weighted by molar-refractivity contribution is -0.141. The summed E-state index contributed by atoms with van der Waals surface area (Å²) in [5.74, 6) is -18.8. The van der Waals surface area contributed by atoms with Crippen LogP contribution in [-0.2, 0) is 18.5 Å². The van der Waals surface area contributed by atoms with Gasteiger partial charge in [-0.05, 0) is 0 Å². The first-order valence-electron chi connectivity index (χ1n) is 10.2. The van der Waals surface area contributed by atoms with Gasteiger partial charge >= 0.3 is 25.9 Å². The fourth-order valence-corrected chi connectivity index (χ4v) is 3.10. The Labute approximate surface area is 225 Å². The Kier molecular flexibility index (Phi) is 7.74. The van der Waals surface area contributed by atoms with Crippen molar-refractivity contribution in [2.75, 3.05) is 0 Å². The highest BCUT2D eigenvalue weighted by Crippen LogP contribution is 2.46. The first-order chi connectivity index (χ1) is 19.5. The normalized spacial score (nSPS) is 12.2. The highest BCUT2D eigenvalue weighted by atomic mass is 19.4. The quantitative estimate of drug-likeness (QED) is 0.138. The molecule has 0 unspecified atom stereocenters. The van der Waals surface area contributed by atoms with Crippen molar-refractivity contribution in [2.24, 2.45) is 0 Å². The number of hydrogen-bond donors (Lipinski definition) is 9. The number of aromatic hydroxyl groups is 6. The summed E-state index contributed by atoms with van der Waals surface area (Å²) in [4.78, 5) is 39.1. The van der Waals surface area contributed by atoms with Crippen LogP contribution in [0.5, 0.6) is 52.1 Å². The van der Waals surface area contributed by atoms with E-state index in [4.69, 9.17) is 0 Å². The number of pyridine rings is 3. The van der Waals surface area contributed by atoms with Crippen molar-refractivity contribution in [3.05, 3.63) is 47.8 Å². The lowest BCUT2D eigenvalue weighted by atomic mass is 10.1. The minimum atomic E-state index is -5.73. The van der Waals surface area contributed by atoms with Crippen LogP contribution in [0.25, 0.3) is 0 Å². The van der Waals surface area contributed by atoms with E-state index in [1.165, 1.54) is 15.0 Å². The first-order valence-corrected chi connectivity index (χ1v) is 10.2. The predicted molar refractivity (Wildman–Crippen MR) is 114 cm³/mol. The number of aromatic nitrogens is 3. The van der Waals surface area contributed by atoms with Crippen LogP contribution >= 0.6 is 0 Å². The molecule has 9 N–H and O–H groups in total. The summed E-state index contributed by atoms with van der Waals surface area (Å²) < 4.78 is 133. The molecule has 15 nitrogen and oxygen atoms in total. The summed E-state index contributed by atoms with van der Waals surface area (Å²) in [5, 5.41) is 57.9. The number of rotatable bonds is 6. The summed E-state index contributed by atoms with van der Waals surface area (Å²) in [6.07, 6.45) is -17.2. The van der Waals surface area contributed by atoms with Gasteiger partial charge in [-0.25, -0.2) is 0 Å². The minimum Gasteiger partial charge on any atom is -0.503 e. The molecule has 3 aromatic heterocycles. The Morgan fingerprint density at radius 2 is 0.651 bits per heavy atom. The number of hydrogen-bond acceptors (Lipinski definition) is 12. The van der Waals surface area contributed by atoms with Crippen molar-refractivity contribution in [3.63, 3.8) is 0 Å². The molecule has 0 radical (unpaired) electrons. The van der Waals surface area contributed by atoms with Crippen molar-refractivity contribution in [2.45, 2.75) is 18.5 Å². The standard InChI is InChI=1S/C18H9BF9N3O12/c20-16(21,22)1-4(32)10(38)29-13(7(1)35)41-19(42-14-8(36)2(17(23,24)25)5(33)11(39)30-14)43-15-9(37)3(18(26,27)28)6(34)12(40)31-15/h32-37H,(H,29,38)(H,30,39)(H,31,40). The number of nitrogens with one attached hydrogen (secondary N) is 3. The molecule has 0 saturated carbocycles. The van der Waals surface area contributed by atoms with E-state index in [0.29, 0.717) is 0 Å². The van der Waals surface area contributed by atoms with Crippen LogP contribution in [0.4, 0.5) is 39.5 Å². The smallest absolute Gasteiger partial charge is 0.503 e. The van der Waals surface area contributed by atoms with Crippen LogP contribution in [0.3, 0.4) is 0 Å². The van der Waals surface area contributed by atoms with Crippen LogP contribution in [0.15, 0.2) is 14.4 Å². The van der Waals surface area contributed by atoms with E-state index >= 15 is 0 Å². The number of aromatic amines is 3. The average Bonchev–Trinajstić information content (AvgIpc) is 2.82. The number of halogens is 9. The fraction of sp³-hybridized carbons (Fsp3) is 0.167. The Balaban J connectivity index is 2.27. The van der Waals surface area contributed by atoms with E-state index in [1.54, 1.807) is 0 Å². The second-order valence-electron chi connectivity index (χ2n) is 7.70. The zero-order valence-corrected chi connectivity index (χ0v) is 19.6. The van der Waals surface area contributed by atoms with Gasteiger partial charge in [0.25, 0.3) is 16.7 Å². The van der Waals surface area contributed by atoms with Crippen molar-refractivity contribution in [1.82, 2.24) is 15.0 Å². The van der Waals surface area contributed by atoms with E-state index < -0.39 is 111 Å². The van der Waals surface area contributed by atoms with E-state index in [1.807, 2.05) is 0 Å². The molecule has 0 bridgehead atoms. The van der Waals surface area contributed by atoms with Crippen LogP contribution in [0, 0.1) is 0 Å². The highest BCUT2D eigenvalue weighted by Gasteiger charge is 2.46. The van der Waals surface area contributed by atoms with Gasteiger partial charge in [0.05, 0.1) is 0 Å². The van der Waals surface area contributed by atoms with Gasteiger partial charge in [-0.2, -0.15) is 39.5 Å². The summed E-state index contributed by atoms with van der Waals surface area (Å²) in [6, 6.07) is 0. The van der Waals surface area contributed by atoms with Crippen LogP contribution in [0.2, 0.25) is 0 Å². The number of H-pyrrole nitrogens is 3. The lowest BCUT2D eigenvalue weighted by Crippen LogP contribution is -2.39. The molecule has 0 aromatic carbocycles. The van der Waals surface area contributed by atoms with Gasteiger partial charge < -0.3 is 44.6 Å². The maximum atomic E-state index is 13.3. The Bertz CT molecular complexity index is 1560. The molecule has 0 atom stereocenters. The molecular formula is C18H9BF9N3O12. The summed E-state index contributed by atoms with van der Waals surface area (Å²) in [7, 11) is -3.33. The van der Waals surface area contributed by atoms with E-state index in [2.05, 4.69) is 14.0 Å². The highest BCUT2D eigenvalue weighted by molar-refractivity contribution is 6.39. The third kappa shape index (κ3) is 6.08. The second kappa shape index (κ2) is 10.4. The van der Waals surface area contributed by atoms with Crippen molar-refractivity contribution >= 4 is 7.32 Å². The van der Waals surface area contributed by atoms with Gasteiger partial charge in [0.2, 0.25) is 17.6 Å². The Hall–Kier alpha value is -5.52. The Morgan fingerprint density at radius 1 is 0.442 bits per heavy atom. The fourth-order valence-electron chi connectivity index (χ4n) is 3.10. The summed E-state index contributed by atoms with van der Waals surface area (Å²) in [5.41, 5.74) is -13.8. The van der Waals surface area contributed by atoms with Crippen molar-refractivity contribution in [1.29, 1.82) is 0 Å². The summed E-state index contributed by atoms with van der Waals surface area (Å²) >= 11 is 0. The molecule has 3 heterocycles. The molecular weight excluding hydrogens is 632 g/mol. The van der Waals surface area contributed by atoms with E-state index in [0.717, 1.165) is 0 Å². The van der Waals surface area contributed by atoms with Gasteiger partial charge in [0.15, 0.2) is 51.2 Å². The molecule has 0 saturated heterocycles. The summed E-state index contributed by atoms with van der Waals surface area (Å²) in [6.45, 7) is 0. The molecule has 43 heavy (non-hydrogen) atoms. The SMILES string of the molecule is O=c1[nH]c(OB(Oc2[nH]c(=O)c(O)c(C(F)(F)F)c2O)Oc2[nH]c(=O)c(O)c(C(F)(F)F)c2O)c(O)c(C(F)(F)F)c1O. The largest absolute Gasteiger partial charge is 0.867 e. The molecule has 0 spiro atoms. The second-order valence-corrected chi connectivity index (χ2v) is 7.70. The molecule has 3 rings (SSSR count). The molecule has 25 heteroatoms. The molecule has 0 aliphatic rings. The third-order valence-electron chi connectivity index (χ3n) is 4.89. The zero-order valence-electron chi connectivity index (χ0n) is 19.6.